The second-order valence-corrected chi connectivity index (χ2v) is 11.7. The van der Waals surface area contributed by atoms with Crippen LogP contribution < -0.4 is 51.4 Å². The zero-order chi connectivity index (χ0) is 7.65. The van der Waals surface area contributed by atoms with E-state index >= 15 is 0 Å². The Kier molecular flexibility index (Phi) is 8.20. The zero-order valence-electron chi connectivity index (χ0n) is 8.45. The Labute approximate surface area is 111 Å². The monoisotopic (exact) mass is 199 g/mol. The quantitative estimate of drug-likeness (QED) is 0.516. The average molecular weight is 199 g/mol. The van der Waals surface area contributed by atoms with E-state index in [-0.39, 0.29) is 60.3 Å². The fraction of sp³-hybridized carbons (Fsp3) is 1.00. The molecule has 0 saturated carbocycles. The summed E-state index contributed by atoms with van der Waals surface area (Å²) in [5.41, 5.74) is 0. The Morgan fingerprint density at radius 3 is 1.40 bits per heavy atom. The van der Waals surface area contributed by atoms with Crippen molar-refractivity contribution >= 4 is 17.2 Å². The van der Waals surface area contributed by atoms with Crippen molar-refractivity contribution in [2.75, 3.05) is 7.05 Å². The molecular formula is C6H18KNSi2. The van der Waals surface area contributed by atoms with Gasteiger partial charge in [0.15, 0.2) is 0 Å². The first-order valence-corrected chi connectivity index (χ1v) is 9.29. The van der Waals surface area contributed by atoms with Crippen LogP contribution in [-0.2, 0) is 0 Å². The van der Waals surface area contributed by atoms with E-state index in [2.05, 4.69) is 44.0 Å². The van der Waals surface area contributed by atoms with Gasteiger partial charge in [-0.25, -0.2) is 0 Å². The maximum Gasteiger partial charge on any atom is 1.00 e. The van der Waals surface area contributed by atoms with Crippen molar-refractivity contribution in [2.24, 2.45) is 0 Å². The molecule has 0 aromatic carbocycles. The Hall–Kier alpha value is 2.03. The molecule has 0 fully saturated rings. The van der Waals surface area contributed by atoms with Gasteiger partial charge in [0.25, 0.3) is 0 Å². The van der Waals surface area contributed by atoms with Gasteiger partial charge in [-0.3, -0.25) is 0 Å². The zero-order valence-corrected chi connectivity index (χ0v) is 13.6. The smallest absolute Gasteiger partial charge is 0.499 e. The van der Waals surface area contributed by atoms with Crippen LogP contribution >= 0.6 is 0 Å². The van der Waals surface area contributed by atoms with Gasteiger partial charge in [0.05, 0.1) is 8.24 Å². The van der Waals surface area contributed by atoms with E-state index in [4.69, 9.17) is 0 Å². The minimum absolute atomic E-state index is 0. The average Bonchev–Trinajstić information content (AvgIpc) is 1.62. The minimum atomic E-state index is -0.945. The van der Waals surface area contributed by atoms with Crippen LogP contribution in [0.1, 0.15) is 0 Å². The molecule has 0 unspecified atom stereocenters. The Balaban J connectivity index is 0. The molecule has 0 aromatic rings. The van der Waals surface area contributed by atoms with Crippen LogP contribution in [-0.4, -0.2) is 28.5 Å². The van der Waals surface area contributed by atoms with E-state index < -0.39 is 8.24 Å². The van der Waals surface area contributed by atoms with Crippen molar-refractivity contribution in [2.45, 2.75) is 32.7 Å². The van der Waals surface area contributed by atoms with Crippen LogP contribution in [0.5, 0.6) is 0 Å². The van der Waals surface area contributed by atoms with E-state index in [0.29, 0.717) is 0 Å². The largest absolute Gasteiger partial charge is 1.00 e. The van der Waals surface area contributed by atoms with Crippen molar-refractivity contribution in [1.82, 2.24) is 4.23 Å². The summed E-state index contributed by atoms with van der Waals surface area (Å²) in [6.07, 6.45) is 0. The van der Waals surface area contributed by atoms with Crippen LogP contribution in [0.15, 0.2) is 0 Å². The van der Waals surface area contributed by atoms with Crippen molar-refractivity contribution in [3.8, 4) is 0 Å². The van der Waals surface area contributed by atoms with Crippen molar-refractivity contribution in [3.05, 3.63) is 0 Å². The Morgan fingerprint density at radius 2 is 1.40 bits per heavy atom. The topological polar surface area (TPSA) is 3.24 Å². The van der Waals surface area contributed by atoms with E-state index in [0.717, 1.165) is 0 Å². The fourth-order valence-corrected chi connectivity index (χ4v) is 6.04. The molecule has 0 aliphatic rings. The summed E-state index contributed by atoms with van der Waals surface area (Å²) in [5, 5.41) is 0. The molecule has 0 amide bonds. The summed E-state index contributed by atoms with van der Waals surface area (Å²) in [7, 11) is 1.14. The van der Waals surface area contributed by atoms with Crippen LogP contribution in [0.25, 0.3) is 0 Å². The molecule has 10 heavy (non-hydrogen) atoms. The number of rotatable bonds is 2. The van der Waals surface area contributed by atoms with Crippen LogP contribution in [0.2, 0.25) is 32.7 Å². The molecule has 0 atom stereocenters. The van der Waals surface area contributed by atoms with E-state index in [9.17, 15) is 0 Å². The fourth-order valence-electron chi connectivity index (χ4n) is 0.671. The van der Waals surface area contributed by atoms with Crippen molar-refractivity contribution in [1.29, 1.82) is 0 Å². The molecule has 56 valence electrons. The van der Waals surface area contributed by atoms with E-state index in [1.54, 1.807) is 0 Å². The number of nitrogens with zero attached hydrogens (tertiary/aromatic N) is 1. The standard InChI is InChI=1S/C6H18NSi2.K/c1-7(8(2)3)9(4,5)6;/h1-6H3;/q-1;+1. The minimum Gasteiger partial charge on any atom is -0.499 e. The first-order chi connectivity index (χ1) is 3.85. The molecule has 0 saturated heterocycles. The molecule has 4 heteroatoms. The SMILES string of the molecule is CN([Si-](C)C)[Si](C)(C)C.[K+]. The van der Waals surface area contributed by atoms with Gasteiger partial charge in [0, 0.05) is 0 Å². The first kappa shape index (κ1) is 14.5. The Morgan fingerprint density at radius 1 is 1.10 bits per heavy atom. The van der Waals surface area contributed by atoms with E-state index in [1.807, 2.05) is 0 Å². The molecule has 0 aliphatic heterocycles. The third-order valence-corrected chi connectivity index (χ3v) is 8.39. The molecule has 0 spiro atoms. The van der Waals surface area contributed by atoms with E-state index in [1.165, 1.54) is 0 Å². The van der Waals surface area contributed by atoms with Gasteiger partial charge in [0.1, 0.15) is 0 Å². The maximum absolute atomic E-state index is 2.59. The van der Waals surface area contributed by atoms with Gasteiger partial charge in [-0.2, -0.15) is 22.1 Å². The van der Waals surface area contributed by atoms with Gasteiger partial charge in [-0.1, -0.05) is 26.7 Å². The summed E-state index contributed by atoms with van der Waals surface area (Å²) in [4.78, 5) is 0. The molecular weight excluding hydrogens is 181 g/mol. The van der Waals surface area contributed by atoms with Crippen LogP contribution in [0.4, 0.5) is 0 Å². The maximum atomic E-state index is 2.59. The third-order valence-electron chi connectivity index (χ3n) is 1.68. The molecule has 0 heterocycles. The van der Waals surface area contributed by atoms with Crippen LogP contribution in [0, 0.1) is 0 Å². The summed E-state index contributed by atoms with van der Waals surface area (Å²) in [6.45, 7) is 11.9. The number of hydrogen-bond acceptors (Lipinski definition) is 1. The summed E-state index contributed by atoms with van der Waals surface area (Å²) in [6, 6.07) is 0. The predicted octanol–water partition coefficient (Wildman–Crippen LogP) is -0.992. The van der Waals surface area contributed by atoms with Crippen molar-refractivity contribution in [3.63, 3.8) is 0 Å². The molecule has 0 aliphatic carbocycles. The molecule has 0 aromatic heterocycles. The van der Waals surface area contributed by atoms with Gasteiger partial charge in [-0.15, -0.1) is 0 Å². The molecule has 0 N–H and O–H groups in total. The van der Waals surface area contributed by atoms with Gasteiger partial charge in [0.2, 0.25) is 0 Å². The summed E-state index contributed by atoms with van der Waals surface area (Å²) in [5.74, 6) is 0. The van der Waals surface area contributed by atoms with Gasteiger partial charge in [-0.05, 0) is 0 Å². The normalized spacial score (nSPS) is 12.0. The van der Waals surface area contributed by atoms with Gasteiger partial charge < -0.3 is 4.23 Å². The van der Waals surface area contributed by atoms with Crippen molar-refractivity contribution < 1.29 is 51.4 Å². The first-order valence-electron chi connectivity index (χ1n) is 3.39. The predicted molar refractivity (Wildman–Crippen MR) is 48.6 cm³/mol. The second kappa shape index (κ2) is 5.64. The molecule has 0 radical (unpaired) electrons. The third kappa shape index (κ3) is 5.65. The number of hydrogen-bond donors (Lipinski definition) is 0. The molecule has 1 nitrogen and oxygen atoms in total. The van der Waals surface area contributed by atoms with Crippen LogP contribution in [0.3, 0.4) is 0 Å². The second-order valence-electron chi connectivity index (χ2n) is 3.68. The molecule has 0 rings (SSSR count). The Bertz CT molecular complexity index is 90.2. The molecule has 0 bridgehead atoms. The summed E-state index contributed by atoms with van der Waals surface area (Å²) >= 11 is 0. The van der Waals surface area contributed by atoms with Gasteiger partial charge >= 0.3 is 51.4 Å². The summed E-state index contributed by atoms with van der Waals surface area (Å²) < 4.78 is 2.59.